The number of hydrogen-bond acceptors (Lipinski definition) is 6. The molecule has 0 aliphatic carbocycles. The second kappa shape index (κ2) is 9.58. The van der Waals surface area contributed by atoms with Crippen molar-refractivity contribution in [2.75, 3.05) is 25.2 Å². The zero-order valence-corrected chi connectivity index (χ0v) is 18.5. The molecule has 1 aliphatic heterocycles. The van der Waals surface area contributed by atoms with Crippen molar-refractivity contribution in [1.82, 2.24) is 9.47 Å². The Morgan fingerprint density at radius 2 is 2.07 bits per heavy atom. The van der Waals surface area contributed by atoms with Crippen LogP contribution >= 0.6 is 23.1 Å². The number of nitrogens with zero attached hydrogens (tertiary/aromatic N) is 3. The molecule has 0 spiro atoms. The summed E-state index contributed by atoms with van der Waals surface area (Å²) in [4.78, 5) is 43.0. The predicted molar refractivity (Wildman–Crippen MR) is 115 cm³/mol. The van der Waals surface area contributed by atoms with Gasteiger partial charge < -0.3 is 14.2 Å². The van der Waals surface area contributed by atoms with E-state index in [9.17, 15) is 14.4 Å². The van der Waals surface area contributed by atoms with Crippen LogP contribution in [0.4, 0.5) is 0 Å². The Labute approximate surface area is 177 Å². The highest BCUT2D eigenvalue weighted by molar-refractivity contribution is 8.00. The van der Waals surface area contributed by atoms with Gasteiger partial charge in [0.2, 0.25) is 5.91 Å². The third-order valence-electron chi connectivity index (χ3n) is 5.03. The Hall–Kier alpha value is -2.13. The molecule has 0 saturated carbocycles. The van der Waals surface area contributed by atoms with Gasteiger partial charge in [-0.2, -0.15) is 4.99 Å². The minimum atomic E-state index is -0.401. The lowest BCUT2D eigenvalue weighted by atomic mass is 10.0. The summed E-state index contributed by atoms with van der Waals surface area (Å²) in [6, 6.07) is 5.53. The van der Waals surface area contributed by atoms with Gasteiger partial charge in [0, 0.05) is 19.6 Å². The third kappa shape index (κ3) is 5.08. The number of carbonyl (C=O) groups is 3. The molecule has 3 rings (SSSR count). The van der Waals surface area contributed by atoms with Gasteiger partial charge in [0.1, 0.15) is 0 Å². The second-order valence-corrected chi connectivity index (χ2v) is 9.04. The molecule has 1 atom stereocenters. The van der Waals surface area contributed by atoms with Crippen molar-refractivity contribution < 1.29 is 19.1 Å². The molecule has 0 N–H and O–H groups in total. The predicted octanol–water partition coefficient (Wildman–Crippen LogP) is 2.59. The molecular weight excluding hydrogens is 410 g/mol. The van der Waals surface area contributed by atoms with Crippen LogP contribution in [0.3, 0.4) is 0 Å². The first kappa shape index (κ1) is 21.6. The second-order valence-electron chi connectivity index (χ2n) is 7.05. The van der Waals surface area contributed by atoms with Crippen molar-refractivity contribution in [3.63, 3.8) is 0 Å². The van der Waals surface area contributed by atoms with Crippen LogP contribution in [0.15, 0.2) is 23.2 Å². The fraction of sp³-hybridized carbons (Fsp3) is 0.500. The number of piperidine rings is 1. The van der Waals surface area contributed by atoms with Crippen molar-refractivity contribution in [2.45, 2.75) is 32.2 Å². The monoisotopic (exact) mass is 435 g/mol. The lowest BCUT2D eigenvalue weighted by molar-refractivity contribution is -0.131. The van der Waals surface area contributed by atoms with Crippen molar-refractivity contribution in [3.05, 3.63) is 28.6 Å². The summed E-state index contributed by atoms with van der Waals surface area (Å²) in [6.07, 6.45) is 3.27. The number of amides is 2. The van der Waals surface area contributed by atoms with E-state index in [1.165, 1.54) is 36.6 Å². The van der Waals surface area contributed by atoms with Crippen molar-refractivity contribution in [3.8, 4) is 0 Å². The van der Waals surface area contributed by atoms with E-state index in [2.05, 4.69) is 11.9 Å². The lowest BCUT2D eigenvalue weighted by Crippen LogP contribution is -2.43. The fourth-order valence-corrected chi connectivity index (χ4v) is 5.16. The number of ether oxygens (including phenoxy) is 1. The molecule has 1 saturated heterocycles. The van der Waals surface area contributed by atoms with Gasteiger partial charge in [0.25, 0.3) is 5.91 Å². The molecule has 2 heterocycles. The zero-order chi connectivity index (χ0) is 21.0. The van der Waals surface area contributed by atoms with Crippen LogP contribution in [-0.2, 0) is 21.4 Å². The number of fused-ring (bicyclic) bond motifs is 1. The Balaban J connectivity index is 1.64. The molecule has 1 aromatic heterocycles. The van der Waals surface area contributed by atoms with Gasteiger partial charge in [0.15, 0.2) is 4.80 Å². The lowest BCUT2D eigenvalue weighted by Gasteiger charge is -2.33. The van der Waals surface area contributed by atoms with Gasteiger partial charge in [-0.3, -0.25) is 9.59 Å². The van der Waals surface area contributed by atoms with Crippen LogP contribution in [-0.4, -0.2) is 58.5 Å². The van der Waals surface area contributed by atoms with E-state index in [1.807, 2.05) is 22.6 Å². The summed E-state index contributed by atoms with van der Waals surface area (Å²) in [5.41, 5.74) is 1.34. The molecule has 2 aromatic rings. The maximum absolute atomic E-state index is 12.4. The van der Waals surface area contributed by atoms with Crippen molar-refractivity contribution in [2.24, 2.45) is 12.0 Å². The average Bonchev–Trinajstić information content (AvgIpc) is 3.02. The van der Waals surface area contributed by atoms with Crippen LogP contribution in [0.1, 0.15) is 36.5 Å². The summed E-state index contributed by atoms with van der Waals surface area (Å²) in [7, 11) is 3.17. The molecule has 0 bridgehead atoms. The highest BCUT2D eigenvalue weighted by Gasteiger charge is 2.22. The maximum Gasteiger partial charge on any atom is 0.337 e. The molecule has 1 aliphatic rings. The molecular formula is C20H25N3O4S2. The zero-order valence-electron chi connectivity index (χ0n) is 16.8. The normalized spacial score (nSPS) is 17.6. The highest BCUT2D eigenvalue weighted by Crippen LogP contribution is 2.20. The SMILES string of the molecule is COC(=O)c1ccc2c(c1)sc(=NC(=O)CSCC(=O)N1CCCCC1C)n2C. The fourth-order valence-electron chi connectivity index (χ4n) is 3.40. The van der Waals surface area contributed by atoms with E-state index in [1.54, 1.807) is 12.1 Å². The first-order valence-corrected chi connectivity index (χ1v) is 11.5. The van der Waals surface area contributed by atoms with E-state index < -0.39 is 5.97 Å². The molecule has 156 valence electrons. The minimum Gasteiger partial charge on any atom is -0.465 e. The molecule has 7 nitrogen and oxygen atoms in total. The summed E-state index contributed by atoms with van der Waals surface area (Å²) < 4.78 is 7.42. The number of aryl methyl sites for hydroxylation is 1. The van der Waals surface area contributed by atoms with Gasteiger partial charge in [-0.05, 0) is 44.4 Å². The van der Waals surface area contributed by atoms with E-state index >= 15 is 0 Å². The number of thioether (sulfide) groups is 1. The molecule has 29 heavy (non-hydrogen) atoms. The maximum atomic E-state index is 12.4. The molecule has 0 radical (unpaired) electrons. The van der Waals surface area contributed by atoms with Gasteiger partial charge >= 0.3 is 5.97 Å². The summed E-state index contributed by atoms with van der Waals surface area (Å²) >= 11 is 2.65. The summed E-state index contributed by atoms with van der Waals surface area (Å²) in [6.45, 7) is 2.89. The largest absolute Gasteiger partial charge is 0.465 e. The smallest absolute Gasteiger partial charge is 0.337 e. The number of methoxy groups -OCH3 is 1. The highest BCUT2D eigenvalue weighted by atomic mass is 32.2. The van der Waals surface area contributed by atoms with Gasteiger partial charge in [0.05, 0.1) is 34.4 Å². The third-order valence-corrected chi connectivity index (χ3v) is 7.02. The Kier molecular flexibility index (Phi) is 7.13. The Morgan fingerprint density at radius 1 is 1.28 bits per heavy atom. The number of hydrogen-bond donors (Lipinski definition) is 0. The number of benzene rings is 1. The first-order valence-electron chi connectivity index (χ1n) is 9.53. The van der Waals surface area contributed by atoms with Crippen LogP contribution in [0.25, 0.3) is 10.2 Å². The minimum absolute atomic E-state index is 0.0951. The van der Waals surface area contributed by atoms with Crippen LogP contribution in [0.2, 0.25) is 0 Å². The van der Waals surface area contributed by atoms with Crippen molar-refractivity contribution in [1.29, 1.82) is 0 Å². The molecule has 1 unspecified atom stereocenters. The standard InChI is InChI=1S/C20H25N3O4S2/c1-13-6-4-5-9-23(13)18(25)12-28-11-17(24)21-20-22(2)15-8-7-14(19(26)27-3)10-16(15)29-20/h7-8,10,13H,4-6,9,11-12H2,1-3H3. The quantitative estimate of drug-likeness (QED) is 0.675. The number of esters is 1. The number of likely N-dealkylation sites (tertiary alicyclic amines) is 1. The Morgan fingerprint density at radius 3 is 2.79 bits per heavy atom. The average molecular weight is 436 g/mol. The number of carbonyl (C=O) groups excluding carboxylic acids is 3. The van der Waals surface area contributed by atoms with Crippen LogP contribution in [0, 0.1) is 0 Å². The van der Waals surface area contributed by atoms with Gasteiger partial charge in [-0.25, -0.2) is 4.79 Å². The van der Waals surface area contributed by atoms with Crippen molar-refractivity contribution >= 4 is 51.1 Å². The van der Waals surface area contributed by atoms with E-state index in [4.69, 9.17) is 4.74 Å². The number of aromatic nitrogens is 1. The molecule has 2 amide bonds. The number of thiazole rings is 1. The van der Waals surface area contributed by atoms with Gasteiger partial charge in [-0.1, -0.05) is 11.3 Å². The molecule has 1 aromatic carbocycles. The van der Waals surface area contributed by atoms with Gasteiger partial charge in [-0.15, -0.1) is 11.8 Å². The van der Waals surface area contributed by atoms with E-state index in [0.717, 1.165) is 29.6 Å². The first-order chi connectivity index (χ1) is 13.9. The van der Waals surface area contributed by atoms with E-state index in [-0.39, 0.29) is 23.6 Å². The van der Waals surface area contributed by atoms with Crippen LogP contribution in [0.5, 0.6) is 0 Å². The molecule has 1 fully saturated rings. The summed E-state index contributed by atoms with van der Waals surface area (Å²) in [5, 5.41) is 0. The van der Waals surface area contributed by atoms with E-state index in [0.29, 0.717) is 16.1 Å². The van der Waals surface area contributed by atoms with Crippen LogP contribution < -0.4 is 4.80 Å². The Bertz CT molecular complexity index is 995. The number of rotatable bonds is 5. The topological polar surface area (TPSA) is 81.0 Å². The molecule has 9 heteroatoms. The summed E-state index contributed by atoms with van der Waals surface area (Å²) in [5.74, 6) is -0.119.